The van der Waals surface area contributed by atoms with Gasteiger partial charge in [-0.1, -0.05) is 36.0 Å². The molecule has 0 N–H and O–H groups in total. The largest absolute Gasteiger partial charge is 0.385 e. The number of carbonyl (C=O) groups is 1. The number of fused-ring (bicyclic) bond motifs is 1. The molecule has 3 rings (SSSR count). The molecule has 0 bridgehead atoms. The van der Waals surface area contributed by atoms with Crippen LogP contribution in [0.3, 0.4) is 0 Å². The van der Waals surface area contributed by atoms with Crippen LogP contribution in [0.2, 0.25) is 0 Å². The number of para-hydroxylation sites is 1. The van der Waals surface area contributed by atoms with Gasteiger partial charge in [-0.15, -0.1) is 0 Å². The minimum Gasteiger partial charge on any atom is -0.385 e. The number of thioether (sulfide) groups is 1. The van der Waals surface area contributed by atoms with Crippen LogP contribution in [0.4, 0.5) is 4.39 Å². The van der Waals surface area contributed by atoms with Gasteiger partial charge >= 0.3 is 0 Å². The van der Waals surface area contributed by atoms with E-state index in [2.05, 4.69) is 4.98 Å². The first kappa shape index (κ1) is 22.0. The summed E-state index contributed by atoms with van der Waals surface area (Å²) in [6.45, 7) is 1.38. The van der Waals surface area contributed by atoms with Crippen molar-refractivity contribution in [2.75, 3.05) is 26.5 Å². The first-order chi connectivity index (χ1) is 14.5. The Morgan fingerprint density at radius 3 is 2.67 bits per heavy atom. The summed E-state index contributed by atoms with van der Waals surface area (Å²) in [5.41, 5.74) is 1.34. The summed E-state index contributed by atoms with van der Waals surface area (Å²) < 4.78 is 19.8. The molecule has 3 aromatic rings. The number of nitrogens with zero attached hydrogens (tertiary/aromatic N) is 3. The molecule has 30 heavy (non-hydrogen) atoms. The summed E-state index contributed by atoms with van der Waals surface area (Å²) in [4.78, 5) is 31.7. The van der Waals surface area contributed by atoms with Gasteiger partial charge in [-0.3, -0.25) is 14.2 Å². The van der Waals surface area contributed by atoms with E-state index in [9.17, 15) is 14.0 Å². The van der Waals surface area contributed by atoms with Gasteiger partial charge in [0.25, 0.3) is 5.56 Å². The normalized spacial score (nSPS) is 11.0. The van der Waals surface area contributed by atoms with Crippen LogP contribution >= 0.6 is 11.8 Å². The molecule has 1 heterocycles. The molecule has 1 aromatic heterocycles. The van der Waals surface area contributed by atoms with Crippen LogP contribution in [-0.2, 0) is 22.6 Å². The molecule has 0 fully saturated rings. The highest BCUT2D eigenvalue weighted by atomic mass is 32.2. The maximum atomic E-state index is 13.1. The number of methoxy groups -OCH3 is 1. The first-order valence-electron chi connectivity index (χ1n) is 9.59. The van der Waals surface area contributed by atoms with E-state index in [1.54, 1.807) is 47.9 Å². The third-order valence-electron chi connectivity index (χ3n) is 4.64. The molecule has 0 saturated carbocycles. The third kappa shape index (κ3) is 5.46. The van der Waals surface area contributed by atoms with E-state index in [0.717, 1.165) is 5.56 Å². The summed E-state index contributed by atoms with van der Waals surface area (Å²) in [5, 5.41) is 1.07. The van der Waals surface area contributed by atoms with Crippen molar-refractivity contribution in [2.45, 2.75) is 24.7 Å². The van der Waals surface area contributed by atoms with Gasteiger partial charge in [0.1, 0.15) is 5.82 Å². The van der Waals surface area contributed by atoms with Crippen LogP contribution in [0, 0.1) is 5.82 Å². The Hall–Kier alpha value is -2.71. The molecule has 0 atom stereocenters. The van der Waals surface area contributed by atoms with Crippen molar-refractivity contribution in [1.82, 2.24) is 14.5 Å². The number of hydrogen-bond donors (Lipinski definition) is 0. The second-order valence-corrected chi connectivity index (χ2v) is 7.82. The fourth-order valence-electron chi connectivity index (χ4n) is 3.01. The summed E-state index contributed by atoms with van der Waals surface area (Å²) in [6.07, 6.45) is 0.669. The first-order valence-corrected chi connectivity index (χ1v) is 10.6. The van der Waals surface area contributed by atoms with E-state index < -0.39 is 0 Å². The fourth-order valence-corrected chi connectivity index (χ4v) is 3.98. The SMILES string of the molecule is COCCCn1c(SCC(=O)N(C)Cc2ccc(F)cc2)nc2ccccc2c1=O. The topological polar surface area (TPSA) is 64.4 Å². The second kappa shape index (κ2) is 10.4. The Morgan fingerprint density at radius 2 is 1.93 bits per heavy atom. The molecule has 0 aliphatic carbocycles. The van der Waals surface area contributed by atoms with E-state index in [1.807, 2.05) is 12.1 Å². The monoisotopic (exact) mass is 429 g/mol. The van der Waals surface area contributed by atoms with Crippen molar-refractivity contribution in [3.8, 4) is 0 Å². The Kier molecular flexibility index (Phi) is 7.59. The maximum Gasteiger partial charge on any atom is 0.262 e. The van der Waals surface area contributed by atoms with Crippen molar-refractivity contribution < 1.29 is 13.9 Å². The zero-order chi connectivity index (χ0) is 21.5. The number of carbonyl (C=O) groups excluding carboxylic acids is 1. The van der Waals surface area contributed by atoms with Crippen LogP contribution in [0.5, 0.6) is 0 Å². The van der Waals surface area contributed by atoms with Crippen LogP contribution in [0.1, 0.15) is 12.0 Å². The summed E-state index contributed by atoms with van der Waals surface area (Å²) >= 11 is 1.24. The van der Waals surface area contributed by atoms with Gasteiger partial charge in [0.2, 0.25) is 5.91 Å². The van der Waals surface area contributed by atoms with E-state index in [-0.39, 0.29) is 23.0 Å². The van der Waals surface area contributed by atoms with Gasteiger partial charge in [-0.25, -0.2) is 9.37 Å². The van der Waals surface area contributed by atoms with Crippen LogP contribution in [0.25, 0.3) is 10.9 Å². The van der Waals surface area contributed by atoms with E-state index in [4.69, 9.17) is 4.74 Å². The molecule has 8 heteroatoms. The van der Waals surface area contributed by atoms with Crippen molar-refractivity contribution in [3.05, 3.63) is 70.3 Å². The highest BCUT2D eigenvalue weighted by Gasteiger charge is 2.15. The smallest absolute Gasteiger partial charge is 0.262 e. The summed E-state index contributed by atoms with van der Waals surface area (Å²) in [6, 6.07) is 13.3. The molecule has 0 saturated heterocycles. The zero-order valence-electron chi connectivity index (χ0n) is 17.0. The minimum absolute atomic E-state index is 0.102. The Balaban J connectivity index is 1.74. The second-order valence-electron chi connectivity index (χ2n) is 6.88. The standard InChI is InChI=1S/C22H24FN3O3S/c1-25(14-16-8-10-17(23)11-9-16)20(27)15-30-22-24-19-7-4-3-6-18(19)21(28)26(22)12-5-13-29-2/h3-4,6-11H,5,12-15H2,1-2H3. The lowest BCUT2D eigenvalue weighted by atomic mass is 10.2. The van der Waals surface area contributed by atoms with Crippen molar-refractivity contribution >= 4 is 28.6 Å². The van der Waals surface area contributed by atoms with Crippen LogP contribution < -0.4 is 5.56 Å². The number of rotatable bonds is 9. The zero-order valence-corrected chi connectivity index (χ0v) is 17.8. The predicted octanol–water partition coefficient (Wildman–Crippen LogP) is 3.32. The Labute approximate surface area is 178 Å². The van der Waals surface area contributed by atoms with Crippen LogP contribution in [0.15, 0.2) is 58.5 Å². The minimum atomic E-state index is -0.308. The van der Waals surface area contributed by atoms with Gasteiger partial charge < -0.3 is 9.64 Å². The average Bonchev–Trinajstić information content (AvgIpc) is 2.75. The molecular weight excluding hydrogens is 405 g/mol. The quantitative estimate of drug-likeness (QED) is 0.297. The fraction of sp³-hybridized carbons (Fsp3) is 0.318. The number of aromatic nitrogens is 2. The molecule has 0 unspecified atom stereocenters. The van der Waals surface area contributed by atoms with Gasteiger partial charge in [0.15, 0.2) is 5.16 Å². The van der Waals surface area contributed by atoms with Crippen molar-refractivity contribution in [1.29, 1.82) is 0 Å². The highest BCUT2D eigenvalue weighted by molar-refractivity contribution is 7.99. The van der Waals surface area contributed by atoms with E-state index in [0.29, 0.717) is 42.2 Å². The molecule has 0 aliphatic rings. The maximum absolute atomic E-state index is 13.1. The summed E-state index contributed by atoms with van der Waals surface area (Å²) in [7, 11) is 3.32. The lowest BCUT2D eigenvalue weighted by Crippen LogP contribution is -2.29. The predicted molar refractivity (Wildman–Crippen MR) is 116 cm³/mol. The molecule has 0 aliphatic heterocycles. The molecular formula is C22H24FN3O3S. The average molecular weight is 430 g/mol. The third-order valence-corrected chi connectivity index (χ3v) is 5.60. The molecule has 6 nitrogen and oxygen atoms in total. The number of hydrogen-bond acceptors (Lipinski definition) is 5. The lowest BCUT2D eigenvalue weighted by Gasteiger charge is -2.18. The molecule has 1 amide bonds. The van der Waals surface area contributed by atoms with E-state index >= 15 is 0 Å². The van der Waals surface area contributed by atoms with Gasteiger partial charge in [0.05, 0.1) is 16.7 Å². The Morgan fingerprint density at radius 1 is 1.20 bits per heavy atom. The number of ether oxygens (including phenoxy) is 1. The number of benzene rings is 2. The van der Waals surface area contributed by atoms with Crippen molar-refractivity contribution in [3.63, 3.8) is 0 Å². The number of amides is 1. The van der Waals surface area contributed by atoms with Crippen LogP contribution in [-0.4, -0.2) is 46.9 Å². The van der Waals surface area contributed by atoms with Gasteiger partial charge in [-0.2, -0.15) is 0 Å². The number of halogens is 1. The molecule has 2 aromatic carbocycles. The summed E-state index contributed by atoms with van der Waals surface area (Å²) in [5.74, 6) is -0.264. The molecule has 0 radical (unpaired) electrons. The van der Waals surface area contributed by atoms with Gasteiger partial charge in [0, 0.05) is 33.9 Å². The lowest BCUT2D eigenvalue weighted by molar-refractivity contribution is -0.127. The van der Waals surface area contributed by atoms with E-state index in [1.165, 1.54) is 23.9 Å². The molecule has 0 spiro atoms. The van der Waals surface area contributed by atoms with Gasteiger partial charge in [-0.05, 0) is 36.2 Å². The highest BCUT2D eigenvalue weighted by Crippen LogP contribution is 2.19. The Bertz CT molecular complexity index is 1070. The van der Waals surface area contributed by atoms with Crippen molar-refractivity contribution in [2.24, 2.45) is 0 Å². The molecule has 158 valence electrons.